The van der Waals surface area contributed by atoms with Gasteiger partial charge in [0, 0.05) is 11.4 Å². The summed E-state index contributed by atoms with van der Waals surface area (Å²) in [6.45, 7) is 4.84. The molecule has 1 heterocycles. The molecule has 4 heteroatoms. The third-order valence-electron chi connectivity index (χ3n) is 3.25. The molecule has 0 saturated carbocycles. The van der Waals surface area contributed by atoms with E-state index in [0.29, 0.717) is 12.5 Å². The van der Waals surface area contributed by atoms with Crippen LogP contribution in [0.2, 0.25) is 0 Å². The highest BCUT2D eigenvalue weighted by atomic mass is 32.1. The Morgan fingerprint density at radius 1 is 1.25 bits per heavy atom. The lowest BCUT2D eigenvalue weighted by atomic mass is 10.0. The minimum atomic E-state index is -0.579. The van der Waals surface area contributed by atoms with E-state index < -0.39 is 6.04 Å². The van der Waals surface area contributed by atoms with E-state index in [1.165, 1.54) is 16.9 Å². The maximum absolute atomic E-state index is 12.0. The van der Waals surface area contributed by atoms with Crippen LogP contribution in [0, 0.1) is 0 Å². The topological polar surface area (TPSA) is 55.1 Å². The molecule has 3 nitrogen and oxygen atoms in total. The summed E-state index contributed by atoms with van der Waals surface area (Å²) < 4.78 is 0. The SMILES string of the molecule is CC(C)c1ccc(CNC(=O)C(N)c2cccs2)cc1. The molecule has 2 rings (SSSR count). The predicted octanol–water partition coefficient (Wildman–Crippen LogP) is 3.19. The molecule has 2 aromatic rings. The van der Waals surface area contributed by atoms with Gasteiger partial charge in [0.25, 0.3) is 0 Å². The second kappa shape index (κ2) is 6.68. The van der Waals surface area contributed by atoms with Crippen molar-refractivity contribution < 1.29 is 4.79 Å². The van der Waals surface area contributed by atoms with Crippen LogP contribution in [-0.4, -0.2) is 5.91 Å². The second-order valence-electron chi connectivity index (χ2n) is 5.11. The quantitative estimate of drug-likeness (QED) is 0.887. The number of carbonyl (C=O) groups excluding carboxylic acids is 1. The van der Waals surface area contributed by atoms with Crippen molar-refractivity contribution in [2.75, 3.05) is 0 Å². The van der Waals surface area contributed by atoms with E-state index in [0.717, 1.165) is 10.4 Å². The molecule has 0 spiro atoms. The highest BCUT2D eigenvalue weighted by Crippen LogP contribution is 2.17. The Morgan fingerprint density at radius 2 is 1.95 bits per heavy atom. The maximum atomic E-state index is 12.0. The number of nitrogens with two attached hydrogens (primary N) is 1. The Morgan fingerprint density at radius 3 is 2.50 bits per heavy atom. The van der Waals surface area contributed by atoms with Gasteiger partial charge in [0.15, 0.2) is 0 Å². The maximum Gasteiger partial charge on any atom is 0.242 e. The second-order valence-corrected chi connectivity index (χ2v) is 6.09. The lowest BCUT2D eigenvalue weighted by Crippen LogP contribution is -2.33. The monoisotopic (exact) mass is 288 g/mol. The molecule has 0 aliphatic heterocycles. The third-order valence-corrected chi connectivity index (χ3v) is 4.20. The molecule has 0 radical (unpaired) electrons. The Kier molecular flexibility index (Phi) is 4.93. The van der Waals surface area contributed by atoms with Gasteiger partial charge >= 0.3 is 0 Å². The molecule has 20 heavy (non-hydrogen) atoms. The Bertz CT molecular complexity index is 546. The van der Waals surface area contributed by atoms with Crippen LogP contribution in [0.3, 0.4) is 0 Å². The van der Waals surface area contributed by atoms with Gasteiger partial charge in [-0.1, -0.05) is 44.2 Å². The summed E-state index contributed by atoms with van der Waals surface area (Å²) >= 11 is 1.50. The van der Waals surface area contributed by atoms with Gasteiger partial charge in [-0.25, -0.2) is 0 Å². The summed E-state index contributed by atoms with van der Waals surface area (Å²) in [6.07, 6.45) is 0. The molecule has 0 aliphatic rings. The van der Waals surface area contributed by atoms with Gasteiger partial charge in [-0.15, -0.1) is 11.3 Å². The number of rotatable bonds is 5. The summed E-state index contributed by atoms with van der Waals surface area (Å²) in [5, 5.41) is 4.80. The minimum absolute atomic E-state index is 0.139. The zero-order valence-electron chi connectivity index (χ0n) is 11.8. The zero-order valence-corrected chi connectivity index (χ0v) is 12.6. The summed E-state index contributed by atoms with van der Waals surface area (Å²) in [5.41, 5.74) is 8.29. The summed E-state index contributed by atoms with van der Waals surface area (Å²) in [6, 6.07) is 11.5. The lowest BCUT2D eigenvalue weighted by Gasteiger charge is -2.11. The van der Waals surface area contributed by atoms with Crippen molar-refractivity contribution in [1.29, 1.82) is 0 Å². The van der Waals surface area contributed by atoms with Gasteiger partial charge in [0.05, 0.1) is 0 Å². The van der Waals surface area contributed by atoms with Gasteiger partial charge in [-0.2, -0.15) is 0 Å². The molecule has 0 saturated heterocycles. The number of carbonyl (C=O) groups is 1. The fourth-order valence-electron chi connectivity index (χ4n) is 1.92. The molecule has 1 aromatic carbocycles. The molecule has 0 fully saturated rings. The normalized spacial score (nSPS) is 12.4. The van der Waals surface area contributed by atoms with Gasteiger partial charge < -0.3 is 11.1 Å². The highest BCUT2D eigenvalue weighted by Gasteiger charge is 2.15. The van der Waals surface area contributed by atoms with Gasteiger partial charge in [-0.3, -0.25) is 4.79 Å². The first-order valence-corrected chi connectivity index (χ1v) is 7.61. The summed E-state index contributed by atoms with van der Waals surface area (Å²) in [7, 11) is 0. The van der Waals surface area contributed by atoms with E-state index in [-0.39, 0.29) is 5.91 Å². The lowest BCUT2D eigenvalue weighted by molar-refractivity contribution is -0.122. The number of hydrogen-bond acceptors (Lipinski definition) is 3. The smallest absolute Gasteiger partial charge is 0.242 e. The molecule has 1 amide bonds. The molecule has 1 aromatic heterocycles. The van der Waals surface area contributed by atoms with Crippen molar-refractivity contribution in [3.05, 3.63) is 57.8 Å². The van der Waals surface area contributed by atoms with Crippen LogP contribution in [0.25, 0.3) is 0 Å². The van der Waals surface area contributed by atoms with E-state index in [1.807, 2.05) is 29.6 Å². The number of nitrogens with one attached hydrogen (secondary N) is 1. The van der Waals surface area contributed by atoms with Gasteiger partial charge in [0.1, 0.15) is 6.04 Å². The predicted molar refractivity (Wildman–Crippen MR) is 83.6 cm³/mol. The first-order chi connectivity index (χ1) is 9.58. The van der Waals surface area contributed by atoms with Crippen LogP contribution in [0.15, 0.2) is 41.8 Å². The highest BCUT2D eigenvalue weighted by molar-refractivity contribution is 7.10. The minimum Gasteiger partial charge on any atom is -0.350 e. The fourth-order valence-corrected chi connectivity index (χ4v) is 2.64. The Balaban J connectivity index is 1.90. The van der Waals surface area contributed by atoms with Crippen LogP contribution in [0.4, 0.5) is 0 Å². The van der Waals surface area contributed by atoms with Crippen molar-refractivity contribution in [3.8, 4) is 0 Å². The third kappa shape index (κ3) is 3.68. The first-order valence-electron chi connectivity index (χ1n) is 6.73. The van der Waals surface area contributed by atoms with E-state index in [4.69, 9.17) is 5.73 Å². The number of benzene rings is 1. The van der Waals surface area contributed by atoms with E-state index in [1.54, 1.807) is 0 Å². The molecule has 3 N–H and O–H groups in total. The van der Waals surface area contributed by atoms with Crippen molar-refractivity contribution in [3.63, 3.8) is 0 Å². The van der Waals surface area contributed by atoms with Crippen LogP contribution in [-0.2, 0) is 11.3 Å². The van der Waals surface area contributed by atoms with Crippen LogP contribution >= 0.6 is 11.3 Å². The summed E-state index contributed by atoms with van der Waals surface area (Å²) in [4.78, 5) is 12.8. The van der Waals surface area contributed by atoms with Gasteiger partial charge in [0.2, 0.25) is 5.91 Å². The van der Waals surface area contributed by atoms with Crippen molar-refractivity contribution in [2.24, 2.45) is 5.73 Å². The standard InChI is InChI=1S/C16H20N2OS/c1-11(2)13-7-5-12(6-8-13)10-18-16(19)15(17)14-4-3-9-20-14/h3-9,11,15H,10,17H2,1-2H3,(H,18,19). The van der Waals surface area contributed by atoms with Crippen molar-refractivity contribution >= 4 is 17.2 Å². The Hall–Kier alpha value is -1.65. The summed E-state index contributed by atoms with van der Waals surface area (Å²) in [5.74, 6) is 0.381. The molecule has 0 aliphatic carbocycles. The number of hydrogen-bond donors (Lipinski definition) is 2. The Labute approximate surface area is 123 Å². The van der Waals surface area contributed by atoms with Crippen molar-refractivity contribution in [1.82, 2.24) is 5.32 Å². The number of amides is 1. The largest absolute Gasteiger partial charge is 0.350 e. The van der Waals surface area contributed by atoms with Crippen LogP contribution < -0.4 is 11.1 Å². The van der Waals surface area contributed by atoms with E-state index in [2.05, 4.69) is 31.3 Å². The molecular weight excluding hydrogens is 268 g/mol. The average molecular weight is 288 g/mol. The van der Waals surface area contributed by atoms with Crippen LogP contribution in [0.1, 0.15) is 41.8 Å². The molecule has 1 unspecified atom stereocenters. The molecule has 106 valence electrons. The molecule has 1 atom stereocenters. The van der Waals surface area contributed by atoms with Crippen LogP contribution in [0.5, 0.6) is 0 Å². The molecule has 0 bridgehead atoms. The van der Waals surface area contributed by atoms with E-state index in [9.17, 15) is 4.79 Å². The fraction of sp³-hybridized carbons (Fsp3) is 0.312. The molecular formula is C16H20N2OS. The zero-order chi connectivity index (χ0) is 14.5. The van der Waals surface area contributed by atoms with Crippen molar-refractivity contribution in [2.45, 2.75) is 32.4 Å². The van der Waals surface area contributed by atoms with Gasteiger partial charge in [-0.05, 0) is 28.5 Å². The average Bonchev–Trinajstić information content (AvgIpc) is 2.98. The number of thiophene rings is 1. The van der Waals surface area contributed by atoms with E-state index >= 15 is 0 Å². The first kappa shape index (κ1) is 14.8.